The van der Waals surface area contributed by atoms with Gasteiger partial charge in [-0.3, -0.25) is 4.79 Å². The van der Waals surface area contributed by atoms with Gasteiger partial charge in [0, 0.05) is 15.4 Å². The predicted octanol–water partition coefficient (Wildman–Crippen LogP) is 7.35. The van der Waals surface area contributed by atoms with Crippen molar-refractivity contribution in [2.45, 2.75) is 13.5 Å². The fourth-order valence-corrected chi connectivity index (χ4v) is 4.91. The van der Waals surface area contributed by atoms with Gasteiger partial charge in [-0.15, -0.1) is 0 Å². The summed E-state index contributed by atoms with van der Waals surface area (Å²) in [6.07, 6.45) is 1.58. The number of methoxy groups -OCH3 is 1. The Morgan fingerprint density at radius 3 is 2.62 bits per heavy atom. The largest absolute Gasteiger partial charge is 0.493 e. The first-order valence-electron chi connectivity index (χ1n) is 12.6. The summed E-state index contributed by atoms with van der Waals surface area (Å²) in [6.45, 7) is 2.45. The lowest BCUT2D eigenvalue weighted by molar-refractivity contribution is 0.284. The number of benzene rings is 4. The van der Waals surface area contributed by atoms with Crippen molar-refractivity contribution in [2.24, 2.45) is 5.10 Å². The van der Waals surface area contributed by atoms with Crippen LogP contribution in [0.1, 0.15) is 16.7 Å². The highest BCUT2D eigenvalue weighted by atomic mass is 79.9. The highest BCUT2D eigenvalue weighted by molar-refractivity contribution is 9.10. The molecule has 0 atom stereocenters. The van der Waals surface area contributed by atoms with Crippen LogP contribution < -0.4 is 15.0 Å². The summed E-state index contributed by atoms with van der Waals surface area (Å²) in [5.74, 6) is 1.87. The number of para-hydroxylation sites is 2. The molecule has 0 radical (unpaired) electrons. The number of halogens is 1. The van der Waals surface area contributed by atoms with Crippen molar-refractivity contribution >= 4 is 44.0 Å². The topological polar surface area (TPSA) is 78.9 Å². The SMILES string of the molecule is COc1cc(C=Nn2c(-c3cc4ccccc4o3)nc3ccccc3c2=O)c(Br)cc1OCc1cccc(C)c1. The molecule has 0 aliphatic heterocycles. The van der Waals surface area contributed by atoms with Crippen LogP contribution in [0.4, 0.5) is 0 Å². The summed E-state index contributed by atoms with van der Waals surface area (Å²) >= 11 is 3.62. The van der Waals surface area contributed by atoms with Gasteiger partial charge in [-0.25, -0.2) is 4.98 Å². The van der Waals surface area contributed by atoms with Gasteiger partial charge < -0.3 is 13.9 Å². The molecular weight excluding hydrogens is 570 g/mol. The third kappa shape index (κ3) is 5.01. The van der Waals surface area contributed by atoms with E-state index in [0.717, 1.165) is 15.4 Å². The average Bonchev–Trinajstić information content (AvgIpc) is 3.40. The third-order valence-electron chi connectivity index (χ3n) is 6.47. The number of aryl methyl sites for hydroxylation is 1. The van der Waals surface area contributed by atoms with Crippen LogP contribution in [0.5, 0.6) is 11.5 Å². The first kappa shape index (κ1) is 25.6. The molecule has 0 saturated carbocycles. The number of aromatic nitrogens is 2. The van der Waals surface area contributed by atoms with Gasteiger partial charge in [-0.05, 0) is 64.8 Å². The zero-order valence-electron chi connectivity index (χ0n) is 21.8. The van der Waals surface area contributed by atoms with Crippen LogP contribution in [0.25, 0.3) is 33.5 Å². The number of fused-ring (bicyclic) bond motifs is 2. The second kappa shape index (κ2) is 10.8. The summed E-state index contributed by atoms with van der Waals surface area (Å²) in [6, 6.07) is 28.5. The van der Waals surface area contributed by atoms with E-state index in [1.807, 2.05) is 67.6 Å². The molecule has 0 saturated heterocycles. The van der Waals surface area contributed by atoms with Gasteiger partial charge in [0.2, 0.25) is 5.82 Å². The molecule has 8 heteroatoms. The summed E-state index contributed by atoms with van der Waals surface area (Å²) in [4.78, 5) is 18.3. The minimum atomic E-state index is -0.307. The zero-order valence-corrected chi connectivity index (χ0v) is 23.4. The van der Waals surface area contributed by atoms with E-state index in [9.17, 15) is 4.79 Å². The Bertz CT molecular complexity index is 1930. The number of hydrogen-bond donors (Lipinski definition) is 0. The molecule has 0 bridgehead atoms. The maximum Gasteiger partial charge on any atom is 0.282 e. The van der Waals surface area contributed by atoms with Crippen LogP contribution >= 0.6 is 15.9 Å². The van der Waals surface area contributed by atoms with Crippen molar-refractivity contribution in [1.82, 2.24) is 9.66 Å². The molecule has 0 spiro atoms. The quantitative estimate of drug-likeness (QED) is 0.181. The highest BCUT2D eigenvalue weighted by Crippen LogP contribution is 2.34. The second-order valence-electron chi connectivity index (χ2n) is 9.26. The first-order valence-corrected chi connectivity index (χ1v) is 13.4. The Balaban J connectivity index is 1.39. The van der Waals surface area contributed by atoms with Crippen molar-refractivity contribution in [3.63, 3.8) is 0 Å². The Labute approximate surface area is 238 Å². The number of hydrogen-bond acceptors (Lipinski definition) is 6. The Hall–Kier alpha value is -4.69. The molecule has 40 heavy (non-hydrogen) atoms. The summed E-state index contributed by atoms with van der Waals surface area (Å²) in [5.41, 5.74) is 3.87. The van der Waals surface area contributed by atoms with Crippen molar-refractivity contribution in [2.75, 3.05) is 7.11 Å². The average molecular weight is 594 g/mol. The lowest BCUT2D eigenvalue weighted by atomic mass is 10.1. The van der Waals surface area contributed by atoms with Gasteiger partial charge >= 0.3 is 0 Å². The Kier molecular flexibility index (Phi) is 6.92. The number of furan rings is 1. The predicted molar refractivity (Wildman–Crippen MR) is 160 cm³/mol. The van der Waals surface area contributed by atoms with Gasteiger partial charge in [-0.1, -0.05) is 60.2 Å². The van der Waals surface area contributed by atoms with Crippen molar-refractivity contribution in [3.05, 3.63) is 123 Å². The minimum Gasteiger partial charge on any atom is -0.493 e. The lowest BCUT2D eigenvalue weighted by Gasteiger charge is -2.13. The summed E-state index contributed by atoms with van der Waals surface area (Å²) < 4.78 is 19.7. The van der Waals surface area contributed by atoms with Gasteiger partial charge in [0.25, 0.3) is 5.56 Å². The molecule has 0 aliphatic rings. The minimum absolute atomic E-state index is 0.303. The van der Waals surface area contributed by atoms with Gasteiger partial charge in [-0.2, -0.15) is 9.78 Å². The molecular formula is C32H24BrN3O4. The smallest absolute Gasteiger partial charge is 0.282 e. The molecule has 2 heterocycles. The maximum atomic E-state index is 13.6. The van der Waals surface area contributed by atoms with E-state index in [2.05, 4.69) is 27.1 Å². The molecule has 198 valence electrons. The molecule has 7 nitrogen and oxygen atoms in total. The Morgan fingerprint density at radius 2 is 1.80 bits per heavy atom. The molecule has 0 amide bonds. The van der Waals surface area contributed by atoms with Crippen LogP contribution in [0, 0.1) is 6.92 Å². The molecule has 2 aromatic heterocycles. The number of rotatable bonds is 7. The maximum absolute atomic E-state index is 13.6. The summed E-state index contributed by atoms with van der Waals surface area (Å²) in [7, 11) is 1.58. The summed E-state index contributed by atoms with van der Waals surface area (Å²) in [5, 5.41) is 5.93. The number of ether oxygens (including phenoxy) is 2. The normalized spacial score (nSPS) is 11.5. The van der Waals surface area contributed by atoms with E-state index in [4.69, 9.17) is 18.9 Å². The third-order valence-corrected chi connectivity index (χ3v) is 7.16. The van der Waals surface area contributed by atoms with Crippen LogP contribution in [-0.2, 0) is 6.61 Å². The van der Waals surface area contributed by atoms with Crippen molar-refractivity contribution < 1.29 is 13.9 Å². The lowest BCUT2D eigenvalue weighted by Crippen LogP contribution is -2.20. The van der Waals surface area contributed by atoms with E-state index in [1.165, 1.54) is 10.2 Å². The molecule has 0 fully saturated rings. The van der Waals surface area contributed by atoms with Crippen molar-refractivity contribution in [1.29, 1.82) is 0 Å². The second-order valence-corrected chi connectivity index (χ2v) is 10.1. The van der Waals surface area contributed by atoms with E-state index in [0.29, 0.717) is 51.7 Å². The van der Waals surface area contributed by atoms with Crippen LogP contribution in [-0.4, -0.2) is 23.0 Å². The first-order chi connectivity index (χ1) is 19.5. The zero-order chi connectivity index (χ0) is 27.6. The number of nitrogens with zero attached hydrogens (tertiary/aromatic N) is 3. The van der Waals surface area contributed by atoms with E-state index in [-0.39, 0.29) is 5.56 Å². The molecule has 6 rings (SSSR count). The highest BCUT2D eigenvalue weighted by Gasteiger charge is 2.17. The fraction of sp³-hybridized carbons (Fsp3) is 0.0938. The molecule has 0 aliphatic carbocycles. The van der Waals surface area contributed by atoms with Gasteiger partial charge in [0.1, 0.15) is 12.2 Å². The molecule has 0 N–H and O–H groups in total. The van der Waals surface area contributed by atoms with E-state index >= 15 is 0 Å². The van der Waals surface area contributed by atoms with Crippen LogP contribution in [0.15, 0.2) is 110 Å². The van der Waals surface area contributed by atoms with E-state index < -0.39 is 0 Å². The standard InChI is InChI=1S/C32H24BrN3O4/c1-20-8-7-9-21(14-20)19-39-29-17-25(33)23(16-28(29)38-2)18-34-36-31(30-15-22-10-3-6-13-27(22)40-30)35-26-12-5-4-11-24(26)32(36)37/h3-18H,19H2,1-2H3. The van der Waals surface area contributed by atoms with Gasteiger partial charge in [0.15, 0.2) is 17.3 Å². The Morgan fingerprint density at radius 1 is 0.975 bits per heavy atom. The van der Waals surface area contributed by atoms with Gasteiger partial charge in [0.05, 0.1) is 24.2 Å². The molecule has 6 aromatic rings. The van der Waals surface area contributed by atoms with Crippen LogP contribution in [0.2, 0.25) is 0 Å². The molecule has 0 unspecified atom stereocenters. The molecule has 4 aromatic carbocycles. The fourth-order valence-electron chi connectivity index (χ4n) is 4.49. The van der Waals surface area contributed by atoms with Crippen molar-refractivity contribution in [3.8, 4) is 23.1 Å². The van der Waals surface area contributed by atoms with E-state index in [1.54, 1.807) is 37.6 Å². The monoisotopic (exact) mass is 593 g/mol. The van der Waals surface area contributed by atoms with Crippen LogP contribution in [0.3, 0.4) is 0 Å².